The molecule has 30 heavy (non-hydrogen) atoms. The number of anilines is 1. The summed E-state index contributed by atoms with van der Waals surface area (Å²) in [6, 6.07) is 9.83. The van der Waals surface area contributed by atoms with Crippen molar-refractivity contribution in [3.05, 3.63) is 41.6 Å². The normalized spacial score (nSPS) is 17.8. The minimum absolute atomic E-state index is 0.0300. The lowest BCUT2D eigenvalue weighted by molar-refractivity contribution is 0.0802. The Hall–Kier alpha value is -2.45. The van der Waals surface area contributed by atoms with Gasteiger partial charge in [0.2, 0.25) is 0 Å². The van der Waals surface area contributed by atoms with Gasteiger partial charge in [-0.3, -0.25) is 0 Å². The van der Waals surface area contributed by atoms with E-state index in [2.05, 4.69) is 23.7 Å². The lowest BCUT2D eigenvalue weighted by Crippen LogP contribution is -2.48. The number of aromatic amines is 1. The third-order valence-corrected chi connectivity index (χ3v) is 6.26. The Kier molecular flexibility index (Phi) is 5.55. The van der Waals surface area contributed by atoms with Gasteiger partial charge in [-0.05, 0) is 48.7 Å². The number of fused-ring (bicyclic) bond motifs is 1. The van der Waals surface area contributed by atoms with Crippen molar-refractivity contribution in [2.45, 2.75) is 32.6 Å². The Bertz CT molecular complexity index is 1170. The minimum Gasteiger partial charge on any atom is -0.377 e. The second kappa shape index (κ2) is 8.00. The number of hydrogen-bond donors (Lipinski definition) is 1. The van der Waals surface area contributed by atoms with E-state index in [9.17, 15) is 8.42 Å². The molecule has 160 valence electrons. The highest BCUT2D eigenvalue weighted by Gasteiger charge is 2.27. The highest BCUT2D eigenvalue weighted by Crippen LogP contribution is 2.28. The van der Waals surface area contributed by atoms with Crippen LogP contribution in [0.4, 0.5) is 5.82 Å². The molecular weight excluding hydrogens is 400 g/mol. The predicted molar refractivity (Wildman–Crippen MR) is 119 cm³/mol. The number of nitrogens with one attached hydrogen (secondary N) is 1. The van der Waals surface area contributed by atoms with Gasteiger partial charge in [0.1, 0.15) is 5.82 Å². The van der Waals surface area contributed by atoms with E-state index in [1.165, 1.54) is 6.26 Å². The summed E-state index contributed by atoms with van der Waals surface area (Å²) in [6.07, 6.45) is 1.26. The molecular formula is C22H28N4O3S. The van der Waals surface area contributed by atoms with Crippen LogP contribution in [0.1, 0.15) is 25.1 Å². The van der Waals surface area contributed by atoms with E-state index < -0.39 is 9.84 Å². The zero-order valence-electron chi connectivity index (χ0n) is 17.8. The number of sulfone groups is 1. The smallest absolute Gasteiger partial charge is 0.151 e. The van der Waals surface area contributed by atoms with Crippen LogP contribution in [-0.4, -0.2) is 55.4 Å². The number of ether oxygens (including phenoxy) is 1. The molecule has 0 amide bonds. The average molecular weight is 429 g/mol. The quantitative estimate of drug-likeness (QED) is 0.671. The van der Waals surface area contributed by atoms with E-state index in [-0.39, 0.29) is 11.8 Å². The SMILES string of the molecule is Cc1cc2nc(-c3cc(CS(C)(=O)=O)cc(N4CCOCC4C(C)C)n3)ccc2[nH]1. The van der Waals surface area contributed by atoms with Crippen molar-refractivity contribution in [2.24, 2.45) is 5.92 Å². The molecule has 0 bridgehead atoms. The zero-order valence-corrected chi connectivity index (χ0v) is 18.7. The van der Waals surface area contributed by atoms with Gasteiger partial charge < -0.3 is 14.6 Å². The number of aryl methyl sites for hydroxylation is 1. The number of morpholine rings is 1. The molecule has 0 aliphatic carbocycles. The number of nitrogens with zero attached hydrogens (tertiary/aromatic N) is 3. The summed E-state index contributed by atoms with van der Waals surface area (Å²) in [7, 11) is -3.18. The molecule has 1 N–H and O–H groups in total. The van der Waals surface area contributed by atoms with E-state index in [0.29, 0.717) is 24.8 Å². The Morgan fingerprint density at radius 3 is 2.73 bits per heavy atom. The first-order chi connectivity index (χ1) is 14.2. The molecule has 4 rings (SSSR count). The molecule has 0 radical (unpaired) electrons. The fraction of sp³-hybridized carbons (Fsp3) is 0.455. The van der Waals surface area contributed by atoms with Crippen LogP contribution in [-0.2, 0) is 20.3 Å². The first-order valence-electron chi connectivity index (χ1n) is 10.2. The number of hydrogen-bond acceptors (Lipinski definition) is 6. The van der Waals surface area contributed by atoms with Crippen molar-refractivity contribution in [3.63, 3.8) is 0 Å². The van der Waals surface area contributed by atoms with Crippen LogP contribution >= 0.6 is 0 Å². The predicted octanol–water partition coefficient (Wildman–Crippen LogP) is 3.34. The van der Waals surface area contributed by atoms with Crippen LogP contribution in [0.25, 0.3) is 22.4 Å². The molecule has 3 aromatic rings. The molecule has 7 nitrogen and oxygen atoms in total. The molecule has 0 aromatic carbocycles. The standard InChI is InChI=1S/C22H28N4O3S/c1-14(2)21-12-29-8-7-26(21)22-11-16(13-30(4,27)28)10-20(25-22)18-6-5-17-19(24-18)9-15(3)23-17/h5-6,9-11,14,21,23H,7-8,12-13H2,1-4H3. The molecule has 1 saturated heterocycles. The molecule has 3 aromatic heterocycles. The van der Waals surface area contributed by atoms with Crippen LogP contribution in [0.5, 0.6) is 0 Å². The topological polar surface area (TPSA) is 88.2 Å². The van der Waals surface area contributed by atoms with Crippen molar-refractivity contribution in [1.82, 2.24) is 15.0 Å². The van der Waals surface area contributed by atoms with Crippen molar-refractivity contribution in [1.29, 1.82) is 0 Å². The summed E-state index contributed by atoms with van der Waals surface area (Å²) in [4.78, 5) is 15.2. The van der Waals surface area contributed by atoms with Gasteiger partial charge in [0.15, 0.2) is 9.84 Å². The van der Waals surface area contributed by atoms with Gasteiger partial charge in [-0.25, -0.2) is 18.4 Å². The number of H-pyrrole nitrogens is 1. The lowest BCUT2D eigenvalue weighted by Gasteiger charge is -2.39. The van der Waals surface area contributed by atoms with Crippen molar-refractivity contribution < 1.29 is 13.2 Å². The van der Waals surface area contributed by atoms with Crippen LogP contribution in [0.2, 0.25) is 0 Å². The molecule has 1 fully saturated rings. The monoisotopic (exact) mass is 428 g/mol. The Morgan fingerprint density at radius 1 is 1.20 bits per heavy atom. The van der Waals surface area contributed by atoms with E-state index in [4.69, 9.17) is 14.7 Å². The Balaban J connectivity index is 1.82. The lowest BCUT2D eigenvalue weighted by atomic mass is 10.0. The molecule has 8 heteroatoms. The summed E-state index contributed by atoms with van der Waals surface area (Å²) >= 11 is 0. The maximum atomic E-state index is 12.0. The van der Waals surface area contributed by atoms with Gasteiger partial charge in [0.05, 0.1) is 47.4 Å². The summed E-state index contributed by atoms with van der Waals surface area (Å²) in [6.45, 7) is 8.31. The minimum atomic E-state index is -3.18. The van der Waals surface area contributed by atoms with Crippen LogP contribution in [0, 0.1) is 12.8 Å². The molecule has 0 saturated carbocycles. The maximum absolute atomic E-state index is 12.0. The number of rotatable bonds is 5. The summed E-state index contributed by atoms with van der Waals surface area (Å²) in [5, 5.41) is 0. The number of pyridine rings is 2. The van der Waals surface area contributed by atoms with Gasteiger partial charge in [0.25, 0.3) is 0 Å². The van der Waals surface area contributed by atoms with Gasteiger partial charge >= 0.3 is 0 Å². The maximum Gasteiger partial charge on any atom is 0.151 e. The molecule has 4 heterocycles. The van der Waals surface area contributed by atoms with Crippen LogP contribution < -0.4 is 4.90 Å². The second-order valence-corrected chi connectivity index (χ2v) is 10.6. The van der Waals surface area contributed by atoms with Gasteiger partial charge in [-0.2, -0.15) is 0 Å². The van der Waals surface area contributed by atoms with Gasteiger partial charge in [-0.1, -0.05) is 13.8 Å². The van der Waals surface area contributed by atoms with E-state index in [1.807, 2.05) is 37.3 Å². The summed E-state index contributed by atoms with van der Waals surface area (Å²) < 4.78 is 29.7. The molecule has 1 atom stereocenters. The molecule has 0 spiro atoms. The van der Waals surface area contributed by atoms with Crippen molar-refractivity contribution in [2.75, 3.05) is 30.9 Å². The van der Waals surface area contributed by atoms with Crippen LogP contribution in [0.3, 0.4) is 0 Å². The average Bonchev–Trinajstić information content (AvgIpc) is 3.05. The van der Waals surface area contributed by atoms with Crippen LogP contribution in [0.15, 0.2) is 30.3 Å². The van der Waals surface area contributed by atoms with Crippen molar-refractivity contribution in [3.8, 4) is 11.4 Å². The van der Waals surface area contributed by atoms with E-state index in [0.717, 1.165) is 40.3 Å². The fourth-order valence-electron chi connectivity index (χ4n) is 3.98. The largest absolute Gasteiger partial charge is 0.377 e. The Morgan fingerprint density at radius 2 is 2.00 bits per heavy atom. The van der Waals surface area contributed by atoms with E-state index in [1.54, 1.807) is 0 Å². The third kappa shape index (κ3) is 4.49. The zero-order chi connectivity index (χ0) is 21.5. The first-order valence-corrected chi connectivity index (χ1v) is 12.3. The van der Waals surface area contributed by atoms with Gasteiger partial charge in [0, 0.05) is 18.5 Å². The molecule has 1 aliphatic heterocycles. The second-order valence-electron chi connectivity index (χ2n) is 8.45. The van der Waals surface area contributed by atoms with Gasteiger partial charge in [-0.15, -0.1) is 0 Å². The first kappa shape index (κ1) is 20.8. The molecule has 1 aliphatic rings. The number of aromatic nitrogens is 3. The Labute approximate surface area is 177 Å². The van der Waals surface area contributed by atoms with E-state index >= 15 is 0 Å². The summed E-state index contributed by atoms with van der Waals surface area (Å²) in [5.74, 6) is 1.13. The highest BCUT2D eigenvalue weighted by atomic mass is 32.2. The molecule has 1 unspecified atom stereocenters. The van der Waals surface area contributed by atoms with Crippen molar-refractivity contribution >= 4 is 26.7 Å². The highest BCUT2D eigenvalue weighted by molar-refractivity contribution is 7.89. The fourth-order valence-corrected chi connectivity index (χ4v) is 4.75. The summed E-state index contributed by atoms with van der Waals surface area (Å²) in [5.41, 5.74) is 5.01. The third-order valence-electron chi connectivity index (χ3n) is 5.40.